The third-order valence-corrected chi connectivity index (χ3v) is 3.89. The predicted molar refractivity (Wildman–Crippen MR) is 95.4 cm³/mol. The van der Waals surface area contributed by atoms with Gasteiger partial charge in [-0.05, 0) is 37.0 Å². The molecule has 0 saturated carbocycles. The maximum atomic E-state index is 12.3. The van der Waals surface area contributed by atoms with Gasteiger partial charge >= 0.3 is 11.9 Å². The van der Waals surface area contributed by atoms with E-state index >= 15 is 0 Å². The first kappa shape index (κ1) is 20.2. The maximum absolute atomic E-state index is 12.3. The van der Waals surface area contributed by atoms with E-state index in [4.69, 9.17) is 9.47 Å². The van der Waals surface area contributed by atoms with Crippen LogP contribution in [0.4, 0.5) is 0 Å². The minimum absolute atomic E-state index is 0.296. The number of carbonyl (C=O) groups is 2. The van der Waals surface area contributed by atoms with Gasteiger partial charge in [-0.3, -0.25) is 0 Å². The second-order valence-corrected chi connectivity index (χ2v) is 5.92. The number of rotatable bonds is 11. The first-order chi connectivity index (χ1) is 11.6. The van der Waals surface area contributed by atoms with E-state index in [2.05, 4.69) is 13.8 Å². The quantitative estimate of drug-likeness (QED) is 0.425. The Morgan fingerprint density at radius 1 is 0.792 bits per heavy atom. The van der Waals surface area contributed by atoms with E-state index in [9.17, 15) is 9.59 Å². The number of aryl methyl sites for hydroxylation is 1. The molecule has 4 nitrogen and oxygen atoms in total. The highest BCUT2D eigenvalue weighted by atomic mass is 16.5. The summed E-state index contributed by atoms with van der Waals surface area (Å²) in [6.45, 7) is 6.97. The molecule has 1 rings (SSSR count). The third kappa shape index (κ3) is 6.73. The van der Waals surface area contributed by atoms with Crippen molar-refractivity contribution in [1.82, 2.24) is 0 Å². The second kappa shape index (κ2) is 11.7. The molecule has 1 aromatic carbocycles. The van der Waals surface area contributed by atoms with Crippen LogP contribution in [0.5, 0.6) is 0 Å². The summed E-state index contributed by atoms with van der Waals surface area (Å²) in [4.78, 5) is 24.6. The SMILES string of the molecule is CCCCCOC(=O)c1ccc(CC)cc1C(=O)OCCCCC. The van der Waals surface area contributed by atoms with Gasteiger partial charge in [0.05, 0.1) is 24.3 Å². The van der Waals surface area contributed by atoms with Crippen LogP contribution in [0.2, 0.25) is 0 Å². The van der Waals surface area contributed by atoms with Crippen LogP contribution in [-0.4, -0.2) is 25.2 Å². The molecule has 0 N–H and O–H groups in total. The topological polar surface area (TPSA) is 52.6 Å². The van der Waals surface area contributed by atoms with Crippen LogP contribution in [0.15, 0.2) is 18.2 Å². The van der Waals surface area contributed by atoms with E-state index in [1.807, 2.05) is 13.0 Å². The van der Waals surface area contributed by atoms with Gasteiger partial charge in [0.25, 0.3) is 0 Å². The molecule has 0 spiro atoms. The van der Waals surface area contributed by atoms with Crippen LogP contribution in [0, 0.1) is 0 Å². The van der Waals surface area contributed by atoms with E-state index in [-0.39, 0.29) is 0 Å². The molecule has 0 radical (unpaired) electrons. The molecule has 0 atom stereocenters. The Balaban J connectivity index is 2.79. The fraction of sp³-hybridized carbons (Fsp3) is 0.600. The number of unbranched alkanes of at least 4 members (excludes halogenated alkanes) is 4. The molecule has 0 bridgehead atoms. The Hall–Kier alpha value is -1.84. The number of hydrogen-bond acceptors (Lipinski definition) is 4. The van der Waals surface area contributed by atoms with Crippen molar-refractivity contribution in [2.75, 3.05) is 13.2 Å². The Kier molecular flexibility index (Phi) is 9.81. The zero-order chi connectivity index (χ0) is 17.8. The Morgan fingerprint density at radius 3 is 1.83 bits per heavy atom. The van der Waals surface area contributed by atoms with Gasteiger partial charge in [-0.15, -0.1) is 0 Å². The molecule has 134 valence electrons. The van der Waals surface area contributed by atoms with Crippen LogP contribution in [0.25, 0.3) is 0 Å². The van der Waals surface area contributed by atoms with E-state index < -0.39 is 11.9 Å². The Labute approximate surface area is 145 Å². The molecule has 0 heterocycles. The van der Waals surface area contributed by atoms with Gasteiger partial charge < -0.3 is 9.47 Å². The molecule has 0 aromatic heterocycles. The van der Waals surface area contributed by atoms with Crippen molar-refractivity contribution in [2.24, 2.45) is 0 Å². The molecular formula is C20H30O4. The van der Waals surface area contributed by atoms with Gasteiger partial charge in [0.2, 0.25) is 0 Å². The minimum Gasteiger partial charge on any atom is -0.462 e. The van der Waals surface area contributed by atoms with E-state index in [0.29, 0.717) is 24.3 Å². The van der Waals surface area contributed by atoms with Crippen molar-refractivity contribution in [1.29, 1.82) is 0 Å². The second-order valence-electron chi connectivity index (χ2n) is 5.92. The maximum Gasteiger partial charge on any atom is 0.339 e. The lowest BCUT2D eigenvalue weighted by Crippen LogP contribution is -2.15. The standard InChI is InChI=1S/C20H30O4/c1-4-7-9-13-23-19(21)17-12-11-16(6-3)15-18(17)20(22)24-14-10-8-5-2/h11-12,15H,4-10,13-14H2,1-3H3. The van der Waals surface area contributed by atoms with E-state index in [0.717, 1.165) is 50.5 Å². The normalized spacial score (nSPS) is 10.5. The highest BCUT2D eigenvalue weighted by Gasteiger charge is 2.20. The van der Waals surface area contributed by atoms with Crippen molar-refractivity contribution in [3.63, 3.8) is 0 Å². The summed E-state index contributed by atoms with van der Waals surface area (Å²) in [6, 6.07) is 5.27. The molecule has 0 fully saturated rings. The van der Waals surface area contributed by atoms with E-state index in [1.54, 1.807) is 12.1 Å². The summed E-state index contributed by atoms with van der Waals surface area (Å²) >= 11 is 0. The van der Waals surface area contributed by atoms with Gasteiger partial charge in [-0.25, -0.2) is 9.59 Å². The molecule has 1 aromatic rings. The molecule has 4 heteroatoms. The van der Waals surface area contributed by atoms with E-state index in [1.165, 1.54) is 0 Å². The summed E-state index contributed by atoms with van der Waals surface area (Å²) in [5, 5.41) is 0. The predicted octanol–water partition coefficient (Wildman–Crippen LogP) is 4.94. The molecule has 0 aliphatic heterocycles. The van der Waals surface area contributed by atoms with Crippen molar-refractivity contribution in [2.45, 2.75) is 65.7 Å². The van der Waals surface area contributed by atoms with Crippen LogP contribution in [0.3, 0.4) is 0 Å². The van der Waals surface area contributed by atoms with Crippen molar-refractivity contribution >= 4 is 11.9 Å². The number of benzene rings is 1. The Morgan fingerprint density at radius 2 is 1.33 bits per heavy atom. The lowest BCUT2D eigenvalue weighted by Gasteiger charge is -2.11. The number of hydrogen-bond donors (Lipinski definition) is 0. The lowest BCUT2D eigenvalue weighted by molar-refractivity contribution is 0.0451. The summed E-state index contributed by atoms with van der Waals surface area (Å²) in [7, 11) is 0. The highest BCUT2D eigenvalue weighted by Crippen LogP contribution is 2.16. The zero-order valence-corrected chi connectivity index (χ0v) is 15.2. The number of carbonyl (C=O) groups excluding carboxylic acids is 2. The highest BCUT2D eigenvalue weighted by molar-refractivity contribution is 6.03. The molecule has 24 heavy (non-hydrogen) atoms. The molecule has 0 amide bonds. The molecule has 0 saturated heterocycles. The monoisotopic (exact) mass is 334 g/mol. The van der Waals surface area contributed by atoms with Gasteiger partial charge in [0.1, 0.15) is 0 Å². The van der Waals surface area contributed by atoms with Crippen molar-refractivity contribution < 1.29 is 19.1 Å². The average Bonchev–Trinajstić information content (AvgIpc) is 2.61. The summed E-state index contributed by atoms with van der Waals surface area (Å²) < 4.78 is 10.6. The third-order valence-electron chi connectivity index (χ3n) is 3.89. The van der Waals surface area contributed by atoms with Crippen LogP contribution < -0.4 is 0 Å². The lowest BCUT2D eigenvalue weighted by atomic mass is 10.0. The first-order valence-electron chi connectivity index (χ1n) is 9.11. The van der Waals surface area contributed by atoms with Crippen LogP contribution >= 0.6 is 0 Å². The van der Waals surface area contributed by atoms with Gasteiger partial charge in [-0.2, -0.15) is 0 Å². The number of ether oxygens (including phenoxy) is 2. The summed E-state index contributed by atoms with van der Waals surface area (Å²) in [5.74, 6) is -0.892. The Bertz CT molecular complexity index is 522. The smallest absolute Gasteiger partial charge is 0.339 e. The van der Waals surface area contributed by atoms with Gasteiger partial charge in [0.15, 0.2) is 0 Å². The van der Waals surface area contributed by atoms with Gasteiger partial charge in [-0.1, -0.05) is 52.5 Å². The van der Waals surface area contributed by atoms with Gasteiger partial charge in [0, 0.05) is 0 Å². The van der Waals surface area contributed by atoms with Crippen LogP contribution in [0.1, 0.15) is 85.6 Å². The fourth-order valence-corrected chi connectivity index (χ4v) is 2.35. The van der Waals surface area contributed by atoms with Crippen LogP contribution in [-0.2, 0) is 15.9 Å². The molecule has 0 aliphatic carbocycles. The molecule has 0 aliphatic rings. The molecule has 0 unspecified atom stereocenters. The summed E-state index contributed by atoms with van der Waals surface area (Å²) in [5.41, 5.74) is 1.61. The fourth-order valence-electron chi connectivity index (χ4n) is 2.35. The van der Waals surface area contributed by atoms with Crippen molar-refractivity contribution in [3.05, 3.63) is 34.9 Å². The first-order valence-corrected chi connectivity index (χ1v) is 9.11. The minimum atomic E-state index is -0.450. The summed E-state index contributed by atoms with van der Waals surface area (Å²) in [6.07, 6.45) is 6.65. The average molecular weight is 334 g/mol. The number of esters is 2. The molecular weight excluding hydrogens is 304 g/mol. The van der Waals surface area contributed by atoms with Crippen molar-refractivity contribution in [3.8, 4) is 0 Å². The zero-order valence-electron chi connectivity index (χ0n) is 15.2. The largest absolute Gasteiger partial charge is 0.462 e.